The maximum absolute atomic E-state index is 4.32. The van der Waals surface area contributed by atoms with Crippen LogP contribution < -0.4 is 5.32 Å². The highest BCUT2D eigenvalue weighted by molar-refractivity contribution is 9.10. The van der Waals surface area contributed by atoms with E-state index in [1.165, 1.54) is 5.56 Å². The van der Waals surface area contributed by atoms with E-state index in [1.54, 1.807) is 0 Å². The molecule has 1 aliphatic heterocycles. The van der Waals surface area contributed by atoms with Gasteiger partial charge < -0.3 is 5.32 Å². The summed E-state index contributed by atoms with van der Waals surface area (Å²) in [5.74, 6) is 0. The van der Waals surface area contributed by atoms with Gasteiger partial charge in [0, 0.05) is 38.4 Å². The van der Waals surface area contributed by atoms with Crippen LogP contribution >= 0.6 is 15.9 Å². The van der Waals surface area contributed by atoms with Crippen molar-refractivity contribution in [3.63, 3.8) is 0 Å². The van der Waals surface area contributed by atoms with Gasteiger partial charge in [-0.2, -0.15) is 0 Å². The molecule has 3 nitrogen and oxygen atoms in total. The van der Waals surface area contributed by atoms with Gasteiger partial charge in [-0.1, -0.05) is 13.0 Å². The van der Waals surface area contributed by atoms with Crippen molar-refractivity contribution in [1.82, 2.24) is 15.2 Å². The lowest BCUT2D eigenvalue weighted by molar-refractivity contribution is 0.169. The maximum atomic E-state index is 4.32. The number of hydrogen-bond donors (Lipinski definition) is 1. The lowest BCUT2D eigenvalue weighted by atomic mass is 10.0. The number of rotatable bonds is 3. The van der Waals surface area contributed by atoms with E-state index in [4.69, 9.17) is 0 Å². The third-order valence-corrected chi connectivity index (χ3v) is 3.58. The molecule has 1 fully saturated rings. The normalized spacial score (nSPS) is 19.6. The Morgan fingerprint density at radius 3 is 2.75 bits per heavy atom. The second-order valence-electron chi connectivity index (χ2n) is 4.12. The fourth-order valence-electron chi connectivity index (χ4n) is 2.28. The summed E-state index contributed by atoms with van der Waals surface area (Å²) in [7, 11) is 0. The van der Waals surface area contributed by atoms with Crippen molar-refractivity contribution in [2.45, 2.75) is 19.4 Å². The molecule has 0 radical (unpaired) electrons. The Labute approximate surface area is 105 Å². The Morgan fingerprint density at radius 1 is 1.44 bits per heavy atom. The molecule has 2 heterocycles. The summed E-state index contributed by atoms with van der Waals surface area (Å²) in [6, 6.07) is 4.72. The van der Waals surface area contributed by atoms with Crippen molar-refractivity contribution in [3.8, 4) is 0 Å². The maximum Gasteiger partial charge on any atom is 0.106 e. The van der Waals surface area contributed by atoms with E-state index in [0.29, 0.717) is 6.04 Å². The molecule has 0 bridgehead atoms. The molecule has 0 saturated carbocycles. The van der Waals surface area contributed by atoms with Crippen molar-refractivity contribution < 1.29 is 0 Å². The summed E-state index contributed by atoms with van der Waals surface area (Å²) in [6.07, 6.45) is 3.13. The third kappa shape index (κ3) is 2.81. The molecule has 88 valence electrons. The summed E-state index contributed by atoms with van der Waals surface area (Å²) < 4.78 is 0.909. The average Bonchev–Trinajstić information content (AvgIpc) is 2.34. The molecule has 1 atom stereocenters. The number of nitrogens with one attached hydrogen (secondary N) is 1. The van der Waals surface area contributed by atoms with E-state index in [9.17, 15) is 0 Å². The first-order chi connectivity index (χ1) is 7.81. The Kier molecular flexibility index (Phi) is 4.32. The minimum atomic E-state index is 0.516. The van der Waals surface area contributed by atoms with Crippen LogP contribution in [0.2, 0.25) is 0 Å². The van der Waals surface area contributed by atoms with E-state index in [1.807, 2.05) is 12.3 Å². The Bertz CT molecular complexity index is 320. The van der Waals surface area contributed by atoms with Gasteiger partial charge in [0.05, 0.1) is 0 Å². The molecule has 1 aliphatic rings. The van der Waals surface area contributed by atoms with Crippen LogP contribution in [0.3, 0.4) is 0 Å². The molecule has 0 aliphatic carbocycles. The van der Waals surface area contributed by atoms with Crippen molar-refractivity contribution in [3.05, 3.63) is 28.5 Å². The van der Waals surface area contributed by atoms with Gasteiger partial charge in [-0.25, -0.2) is 4.98 Å². The molecule has 1 aromatic rings. The van der Waals surface area contributed by atoms with E-state index in [0.717, 1.165) is 37.2 Å². The number of nitrogens with zero attached hydrogens (tertiary/aromatic N) is 2. The van der Waals surface area contributed by atoms with Crippen LogP contribution in [0.15, 0.2) is 22.9 Å². The fraction of sp³-hybridized carbons (Fsp3) is 0.583. The molecule has 1 N–H and O–H groups in total. The zero-order valence-electron chi connectivity index (χ0n) is 9.62. The van der Waals surface area contributed by atoms with Crippen LogP contribution in [-0.4, -0.2) is 36.1 Å². The van der Waals surface area contributed by atoms with Gasteiger partial charge in [-0.15, -0.1) is 0 Å². The first kappa shape index (κ1) is 12.0. The Morgan fingerprint density at radius 2 is 2.19 bits per heavy atom. The monoisotopic (exact) mass is 283 g/mol. The molecule has 1 saturated heterocycles. The quantitative estimate of drug-likeness (QED) is 0.863. The predicted molar refractivity (Wildman–Crippen MR) is 69.4 cm³/mol. The smallest absolute Gasteiger partial charge is 0.106 e. The lowest BCUT2D eigenvalue weighted by Crippen LogP contribution is -2.45. The lowest BCUT2D eigenvalue weighted by Gasteiger charge is -2.34. The topological polar surface area (TPSA) is 28.2 Å². The van der Waals surface area contributed by atoms with Crippen LogP contribution in [0.1, 0.15) is 24.9 Å². The largest absolute Gasteiger partial charge is 0.314 e. The summed E-state index contributed by atoms with van der Waals surface area (Å²) in [4.78, 5) is 6.86. The summed E-state index contributed by atoms with van der Waals surface area (Å²) in [5.41, 5.74) is 1.33. The van der Waals surface area contributed by atoms with Crippen LogP contribution in [0.4, 0.5) is 0 Å². The standard InChI is InChI=1S/C12H18BrN3/c1-2-11(16-7-5-14-6-8-16)10-3-4-12(13)15-9-10/h3-4,9,11,14H,2,5-8H2,1H3/t11-/m1/s1. The molecule has 2 rings (SSSR count). The molecular formula is C12H18BrN3. The second kappa shape index (κ2) is 5.75. The third-order valence-electron chi connectivity index (χ3n) is 3.11. The summed E-state index contributed by atoms with van der Waals surface area (Å²) >= 11 is 3.38. The zero-order chi connectivity index (χ0) is 11.4. The van der Waals surface area contributed by atoms with Gasteiger partial charge in [0.2, 0.25) is 0 Å². The van der Waals surface area contributed by atoms with E-state index >= 15 is 0 Å². The van der Waals surface area contributed by atoms with Gasteiger partial charge >= 0.3 is 0 Å². The Balaban J connectivity index is 2.11. The number of hydrogen-bond acceptors (Lipinski definition) is 3. The van der Waals surface area contributed by atoms with Crippen LogP contribution in [0, 0.1) is 0 Å². The van der Waals surface area contributed by atoms with Gasteiger partial charge in [0.15, 0.2) is 0 Å². The minimum absolute atomic E-state index is 0.516. The van der Waals surface area contributed by atoms with Crippen LogP contribution in [0.25, 0.3) is 0 Å². The van der Waals surface area contributed by atoms with Gasteiger partial charge in [-0.3, -0.25) is 4.90 Å². The second-order valence-corrected chi connectivity index (χ2v) is 4.94. The minimum Gasteiger partial charge on any atom is -0.314 e. The molecule has 0 aromatic carbocycles. The van der Waals surface area contributed by atoms with Gasteiger partial charge in [0.1, 0.15) is 4.60 Å². The van der Waals surface area contributed by atoms with E-state index in [-0.39, 0.29) is 0 Å². The molecular weight excluding hydrogens is 266 g/mol. The molecule has 16 heavy (non-hydrogen) atoms. The molecule has 0 unspecified atom stereocenters. The molecule has 0 amide bonds. The predicted octanol–water partition coefficient (Wildman–Crippen LogP) is 2.20. The van der Waals surface area contributed by atoms with E-state index < -0.39 is 0 Å². The highest BCUT2D eigenvalue weighted by Gasteiger charge is 2.20. The van der Waals surface area contributed by atoms with Crippen molar-refractivity contribution >= 4 is 15.9 Å². The number of halogens is 1. The van der Waals surface area contributed by atoms with Crippen LogP contribution in [-0.2, 0) is 0 Å². The Hall–Kier alpha value is -0.450. The number of aromatic nitrogens is 1. The van der Waals surface area contributed by atoms with Crippen molar-refractivity contribution in [2.24, 2.45) is 0 Å². The van der Waals surface area contributed by atoms with Crippen LogP contribution in [0.5, 0.6) is 0 Å². The zero-order valence-corrected chi connectivity index (χ0v) is 11.2. The highest BCUT2D eigenvalue weighted by Crippen LogP contribution is 2.24. The highest BCUT2D eigenvalue weighted by atomic mass is 79.9. The van der Waals surface area contributed by atoms with Crippen molar-refractivity contribution in [1.29, 1.82) is 0 Å². The number of piperazine rings is 1. The van der Waals surface area contributed by atoms with Crippen molar-refractivity contribution in [2.75, 3.05) is 26.2 Å². The SMILES string of the molecule is CC[C@H](c1ccc(Br)nc1)N1CCNCC1. The summed E-state index contributed by atoms with van der Waals surface area (Å²) in [6.45, 7) is 6.71. The number of pyridine rings is 1. The molecule has 1 aromatic heterocycles. The first-order valence-corrected chi connectivity index (χ1v) is 6.66. The molecule has 4 heteroatoms. The summed E-state index contributed by atoms with van der Waals surface area (Å²) in [5, 5.41) is 3.39. The van der Waals surface area contributed by atoms with Gasteiger partial charge in [-0.05, 0) is 34.0 Å². The molecule has 0 spiro atoms. The van der Waals surface area contributed by atoms with Gasteiger partial charge in [0.25, 0.3) is 0 Å². The average molecular weight is 284 g/mol. The fourth-order valence-corrected chi connectivity index (χ4v) is 2.52. The van der Waals surface area contributed by atoms with E-state index in [2.05, 4.69) is 44.1 Å². The first-order valence-electron chi connectivity index (χ1n) is 5.87.